The van der Waals surface area contributed by atoms with Crippen LogP contribution in [-0.2, 0) is 4.79 Å². The first-order chi connectivity index (χ1) is 7.11. The molecule has 0 fully saturated rings. The van der Waals surface area contributed by atoms with Crippen LogP contribution in [-0.4, -0.2) is 5.91 Å². The Kier molecular flexibility index (Phi) is 2.40. The minimum atomic E-state index is -0.316. The number of hydrogen-bond donors (Lipinski definition) is 0. The molecule has 0 bridgehead atoms. The molecule has 1 aliphatic heterocycles. The number of hydrogen-bond acceptors (Lipinski definition) is 2. The first kappa shape index (κ1) is 10.1. The molecular formula is C11H9ClN2O. The summed E-state index contributed by atoms with van der Waals surface area (Å²) in [6.07, 6.45) is 0. The van der Waals surface area contributed by atoms with Gasteiger partial charge in [-0.25, -0.2) is 0 Å². The van der Waals surface area contributed by atoms with E-state index in [9.17, 15) is 4.79 Å². The molecule has 0 saturated carbocycles. The first-order valence-corrected chi connectivity index (χ1v) is 4.91. The molecule has 0 radical (unpaired) electrons. The van der Waals surface area contributed by atoms with Gasteiger partial charge in [0, 0.05) is 10.6 Å². The molecule has 1 heterocycles. The molecule has 2 rings (SSSR count). The van der Waals surface area contributed by atoms with Gasteiger partial charge in [-0.3, -0.25) is 4.79 Å². The summed E-state index contributed by atoms with van der Waals surface area (Å²) in [6.45, 7) is 3.67. The van der Waals surface area contributed by atoms with Gasteiger partial charge in [0.2, 0.25) is 0 Å². The topological polar surface area (TPSA) is 41.8 Å². The summed E-state index contributed by atoms with van der Waals surface area (Å²) >= 11 is 6.07. The number of benzene rings is 1. The molecule has 0 atom stereocenters. The molecule has 0 aromatic heterocycles. The average molecular weight is 221 g/mol. The van der Waals surface area contributed by atoms with Gasteiger partial charge in [0.15, 0.2) is 0 Å². The molecule has 1 amide bonds. The fourth-order valence-electron chi connectivity index (χ4n) is 1.61. The average Bonchev–Trinajstić information content (AvgIpc) is 2.49. The maximum atomic E-state index is 11.5. The second kappa shape index (κ2) is 3.59. The summed E-state index contributed by atoms with van der Waals surface area (Å²) < 4.78 is 0. The molecule has 15 heavy (non-hydrogen) atoms. The van der Waals surface area contributed by atoms with Gasteiger partial charge in [-0.1, -0.05) is 23.7 Å². The van der Waals surface area contributed by atoms with Crippen LogP contribution < -0.4 is 0 Å². The van der Waals surface area contributed by atoms with E-state index in [1.165, 1.54) is 0 Å². The minimum absolute atomic E-state index is 0.316. The standard InChI is InChI=1S/C11H9ClN2O/c1-6-4-3-5-8(12)9(6)10-7(2)13-14-11(10)15/h3-5H,1-2H3. The molecule has 1 aromatic carbocycles. The summed E-state index contributed by atoms with van der Waals surface area (Å²) in [5, 5.41) is 7.82. The van der Waals surface area contributed by atoms with Crippen LogP contribution in [0, 0.1) is 6.92 Å². The van der Waals surface area contributed by atoms with Gasteiger partial charge in [-0.05, 0) is 25.5 Å². The van der Waals surface area contributed by atoms with Crippen molar-refractivity contribution in [2.75, 3.05) is 0 Å². The van der Waals surface area contributed by atoms with Gasteiger partial charge in [0.1, 0.15) is 0 Å². The number of carbonyl (C=O) groups excluding carboxylic acids is 1. The summed E-state index contributed by atoms with van der Waals surface area (Å²) in [5.74, 6) is -0.316. The van der Waals surface area contributed by atoms with Crippen molar-refractivity contribution in [1.29, 1.82) is 0 Å². The third-order valence-electron chi connectivity index (χ3n) is 2.34. The minimum Gasteiger partial charge on any atom is -0.265 e. The normalized spacial score (nSPS) is 15.3. The quantitative estimate of drug-likeness (QED) is 0.716. The molecular weight excluding hydrogens is 212 g/mol. The predicted molar refractivity (Wildman–Crippen MR) is 58.6 cm³/mol. The highest BCUT2D eigenvalue weighted by molar-refractivity contribution is 6.35. The lowest BCUT2D eigenvalue weighted by Gasteiger charge is -2.07. The number of azo groups is 1. The van der Waals surface area contributed by atoms with Crippen molar-refractivity contribution >= 4 is 23.1 Å². The van der Waals surface area contributed by atoms with Gasteiger partial charge in [-0.2, -0.15) is 5.11 Å². The lowest BCUT2D eigenvalue weighted by atomic mass is 9.99. The second-order valence-corrected chi connectivity index (χ2v) is 3.80. The van der Waals surface area contributed by atoms with E-state index in [0.29, 0.717) is 16.3 Å². The summed E-state index contributed by atoms with van der Waals surface area (Å²) in [7, 11) is 0. The summed E-state index contributed by atoms with van der Waals surface area (Å²) in [5.41, 5.74) is 2.83. The van der Waals surface area contributed by atoms with Gasteiger partial charge in [0.05, 0.1) is 11.3 Å². The number of nitrogens with zero attached hydrogens (tertiary/aromatic N) is 2. The van der Waals surface area contributed by atoms with Crippen LogP contribution in [0.4, 0.5) is 0 Å². The largest absolute Gasteiger partial charge is 0.297 e. The lowest BCUT2D eigenvalue weighted by Crippen LogP contribution is -1.98. The second-order valence-electron chi connectivity index (χ2n) is 3.40. The zero-order valence-corrected chi connectivity index (χ0v) is 9.17. The van der Waals surface area contributed by atoms with E-state index in [4.69, 9.17) is 11.6 Å². The highest BCUT2D eigenvalue weighted by Crippen LogP contribution is 2.33. The Bertz CT molecular complexity index is 483. The van der Waals surface area contributed by atoms with E-state index in [1.807, 2.05) is 19.1 Å². The SMILES string of the molecule is CC1=C(c2c(C)cccc2Cl)C(=O)N=N1. The van der Waals surface area contributed by atoms with Crippen LogP contribution in [0.5, 0.6) is 0 Å². The molecule has 0 N–H and O–H groups in total. The molecule has 0 saturated heterocycles. The molecule has 76 valence electrons. The van der Waals surface area contributed by atoms with Crippen LogP contribution in [0.2, 0.25) is 5.02 Å². The maximum Gasteiger partial charge on any atom is 0.297 e. The van der Waals surface area contributed by atoms with Crippen LogP contribution in [0.1, 0.15) is 18.1 Å². The van der Waals surface area contributed by atoms with E-state index in [1.54, 1.807) is 13.0 Å². The third-order valence-corrected chi connectivity index (χ3v) is 2.65. The molecule has 4 heteroatoms. The number of aryl methyl sites for hydroxylation is 1. The number of allylic oxidation sites excluding steroid dienone is 1. The van der Waals surface area contributed by atoms with E-state index in [-0.39, 0.29) is 5.91 Å². The molecule has 0 aliphatic carbocycles. The summed E-state index contributed by atoms with van der Waals surface area (Å²) in [6, 6.07) is 5.52. The Balaban J connectivity index is 2.66. The smallest absolute Gasteiger partial charge is 0.265 e. The Morgan fingerprint density at radius 1 is 1.20 bits per heavy atom. The van der Waals surface area contributed by atoms with Crippen LogP contribution in [0.15, 0.2) is 34.1 Å². The van der Waals surface area contributed by atoms with Gasteiger partial charge >= 0.3 is 0 Å². The van der Waals surface area contributed by atoms with Crippen molar-refractivity contribution in [3.63, 3.8) is 0 Å². The molecule has 0 unspecified atom stereocenters. The fourth-order valence-corrected chi connectivity index (χ4v) is 1.93. The van der Waals surface area contributed by atoms with Gasteiger partial charge in [-0.15, -0.1) is 5.11 Å². The van der Waals surface area contributed by atoms with Crippen LogP contribution in [0.25, 0.3) is 5.57 Å². The van der Waals surface area contributed by atoms with Crippen molar-refractivity contribution in [3.8, 4) is 0 Å². The predicted octanol–water partition coefficient (Wildman–Crippen LogP) is 3.37. The number of rotatable bonds is 1. The summed E-state index contributed by atoms with van der Waals surface area (Å²) in [4.78, 5) is 11.5. The van der Waals surface area contributed by atoms with Crippen LogP contribution in [0.3, 0.4) is 0 Å². The molecule has 1 aliphatic rings. The Morgan fingerprint density at radius 3 is 2.47 bits per heavy atom. The Morgan fingerprint density at radius 2 is 1.93 bits per heavy atom. The zero-order chi connectivity index (χ0) is 11.0. The van der Waals surface area contributed by atoms with E-state index >= 15 is 0 Å². The van der Waals surface area contributed by atoms with Crippen molar-refractivity contribution in [2.24, 2.45) is 10.2 Å². The van der Waals surface area contributed by atoms with Gasteiger partial charge < -0.3 is 0 Å². The lowest BCUT2D eigenvalue weighted by molar-refractivity contribution is -0.112. The Hall–Kier alpha value is -1.48. The molecule has 0 spiro atoms. The first-order valence-electron chi connectivity index (χ1n) is 4.53. The zero-order valence-electron chi connectivity index (χ0n) is 8.41. The maximum absolute atomic E-state index is 11.5. The molecule has 1 aromatic rings. The third kappa shape index (κ3) is 1.59. The Labute approximate surface area is 92.5 Å². The van der Waals surface area contributed by atoms with Crippen molar-refractivity contribution in [3.05, 3.63) is 40.0 Å². The van der Waals surface area contributed by atoms with Crippen LogP contribution >= 0.6 is 11.6 Å². The molecule has 3 nitrogen and oxygen atoms in total. The number of amides is 1. The van der Waals surface area contributed by atoms with E-state index in [2.05, 4.69) is 10.2 Å². The monoisotopic (exact) mass is 220 g/mol. The highest BCUT2D eigenvalue weighted by Gasteiger charge is 2.23. The van der Waals surface area contributed by atoms with Crippen molar-refractivity contribution in [2.45, 2.75) is 13.8 Å². The fraction of sp³-hybridized carbons (Fsp3) is 0.182. The van der Waals surface area contributed by atoms with E-state index in [0.717, 1.165) is 11.1 Å². The number of halogens is 1. The number of carbonyl (C=O) groups is 1. The van der Waals surface area contributed by atoms with Crippen molar-refractivity contribution < 1.29 is 4.79 Å². The van der Waals surface area contributed by atoms with Gasteiger partial charge in [0.25, 0.3) is 5.91 Å². The van der Waals surface area contributed by atoms with E-state index < -0.39 is 0 Å². The van der Waals surface area contributed by atoms with Crippen molar-refractivity contribution in [1.82, 2.24) is 0 Å². The highest BCUT2D eigenvalue weighted by atomic mass is 35.5.